The summed E-state index contributed by atoms with van der Waals surface area (Å²) in [5.41, 5.74) is 5.15. The molecule has 1 N–H and O–H groups in total. The van der Waals surface area contributed by atoms with Gasteiger partial charge in [0.1, 0.15) is 5.82 Å². The van der Waals surface area contributed by atoms with Crippen molar-refractivity contribution < 1.29 is 9.59 Å². The zero-order valence-corrected chi connectivity index (χ0v) is 23.7. The Balaban J connectivity index is 1.42. The third-order valence-electron chi connectivity index (χ3n) is 7.17. The van der Waals surface area contributed by atoms with Crippen LogP contribution in [0.5, 0.6) is 0 Å². The Labute approximate surface area is 234 Å². The zero-order valence-electron chi connectivity index (χ0n) is 22.8. The van der Waals surface area contributed by atoms with E-state index >= 15 is 0 Å². The minimum absolute atomic E-state index is 0.0412. The number of amides is 3. The van der Waals surface area contributed by atoms with E-state index in [-0.39, 0.29) is 11.9 Å². The summed E-state index contributed by atoms with van der Waals surface area (Å²) in [4.78, 5) is 36.1. The minimum Gasteiger partial charge on any atom is -0.378 e. The standard InChI is InChI=1S/C30H34N6O2S/c1-33(2)24-15-13-23(14-16-24)31-29(38)35-18-7-17-30(39,20-35)28-32-26(25-8-5-6-19-36(25)28)21-9-11-22(12-10-21)27(37)34(3)4/h5-6,8-16,19,39H,7,17-18,20H2,1-4H3,(H,31,38)/t30-/m1/s1. The molecule has 1 fully saturated rings. The highest BCUT2D eigenvalue weighted by molar-refractivity contribution is 7.81. The molecule has 2 aromatic carbocycles. The van der Waals surface area contributed by atoms with Gasteiger partial charge in [0.15, 0.2) is 0 Å². The Bertz CT molecular complexity index is 1500. The Hall–Kier alpha value is -3.98. The van der Waals surface area contributed by atoms with Gasteiger partial charge in [0.05, 0.1) is 16.0 Å². The lowest BCUT2D eigenvalue weighted by Gasteiger charge is -2.38. The lowest BCUT2D eigenvalue weighted by Crippen LogP contribution is -2.48. The van der Waals surface area contributed by atoms with Gasteiger partial charge in [-0.25, -0.2) is 9.78 Å². The second-order valence-electron chi connectivity index (χ2n) is 10.4. The van der Waals surface area contributed by atoms with E-state index in [1.54, 1.807) is 19.0 Å². The van der Waals surface area contributed by atoms with Gasteiger partial charge >= 0.3 is 6.03 Å². The zero-order chi connectivity index (χ0) is 27.7. The summed E-state index contributed by atoms with van der Waals surface area (Å²) in [6.07, 6.45) is 3.60. The second-order valence-corrected chi connectivity index (χ2v) is 11.3. The summed E-state index contributed by atoms with van der Waals surface area (Å²) >= 11 is 5.16. The molecule has 0 saturated carbocycles. The fourth-order valence-corrected chi connectivity index (χ4v) is 5.53. The smallest absolute Gasteiger partial charge is 0.321 e. The molecule has 1 aliphatic rings. The average molecular weight is 543 g/mol. The summed E-state index contributed by atoms with van der Waals surface area (Å²) in [5, 5.41) is 3.03. The molecule has 0 radical (unpaired) electrons. The number of thiol groups is 1. The molecule has 9 heteroatoms. The molecule has 3 heterocycles. The van der Waals surface area contributed by atoms with E-state index in [9.17, 15) is 9.59 Å². The van der Waals surface area contributed by atoms with Gasteiger partial charge < -0.3 is 24.4 Å². The van der Waals surface area contributed by atoms with E-state index in [2.05, 4.69) is 9.72 Å². The molecule has 3 amide bonds. The monoisotopic (exact) mass is 542 g/mol. The molecule has 5 rings (SSSR count). The maximum atomic E-state index is 13.2. The lowest BCUT2D eigenvalue weighted by molar-refractivity contribution is 0.0827. The van der Waals surface area contributed by atoms with Crippen molar-refractivity contribution in [3.63, 3.8) is 0 Å². The number of urea groups is 1. The first-order valence-electron chi connectivity index (χ1n) is 13.0. The number of aromatic nitrogens is 2. The van der Waals surface area contributed by atoms with E-state index in [4.69, 9.17) is 17.6 Å². The van der Waals surface area contributed by atoms with Gasteiger partial charge in [0.25, 0.3) is 5.91 Å². The Morgan fingerprint density at radius 2 is 1.69 bits per heavy atom. The Kier molecular flexibility index (Phi) is 7.27. The highest BCUT2D eigenvalue weighted by atomic mass is 32.1. The lowest BCUT2D eigenvalue weighted by atomic mass is 9.96. The van der Waals surface area contributed by atoms with E-state index in [0.717, 1.165) is 46.8 Å². The first-order valence-corrected chi connectivity index (χ1v) is 13.5. The van der Waals surface area contributed by atoms with Crippen LogP contribution in [-0.4, -0.2) is 72.4 Å². The summed E-state index contributed by atoms with van der Waals surface area (Å²) < 4.78 is 1.44. The molecule has 1 aliphatic heterocycles. The second kappa shape index (κ2) is 10.6. The summed E-state index contributed by atoms with van der Waals surface area (Å²) in [6, 6.07) is 21.2. The number of fused-ring (bicyclic) bond motifs is 1. The van der Waals surface area contributed by atoms with Gasteiger partial charge in [-0.3, -0.25) is 4.79 Å². The van der Waals surface area contributed by atoms with Crippen LogP contribution < -0.4 is 10.2 Å². The third kappa shape index (κ3) is 5.31. The molecule has 39 heavy (non-hydrogen) atoms. The molecule has 0 aliphatic carbocycles. The topological polar surface area (TPSA) is 73.2 Å². The van der Waals surface area contributed by atoms with E-state index in [1.807, 2.05) is 96.8 Å². The fraction of sp³-hybridized carbons (Fsp3) is 0.300. The van der Waals surface area contributed by atoms with E-state index < -0.39 is 4.75 Å². The highest BCUT2D eigenvalue weighted by Gasteiger charge is 2.39. The summed E-state index contributed by atoms with van der Waals surface area (Å²) in [5.74, 6) is 0.762. The highest BCUT2D eigenvalue weighted by Crippen LogP contribution is 2.40. The predicted octanol–water partition coefficient (Wildman–Crippen LogP) is 5.22. The maximum absolute atomic E-state index is 13.2. The molecular weight excluding hydrogens is 508 g/mol. The maximum Gasteiger partial charge on any atom is 0.321 e. The van der Waals surface area contributed by atoms with Gasteiger partial charge in [-0.1, -0.05) is 18.2 Å². The molecule has 0 spiro atoms. The van der Waals surface area contributed by atoms with Crippen molar-refractivity contribution in [3.8, 4) is 11.3 Å². The van der Waals surface area contributed by atoms with Crippen LogP contribution in [0.15, 0.2) is 72.9 Å². The number of hydrogen-bond acceptors (Lipinski definition) is 5. The van der Waals surface area contributed by atoms with Crippen molar-refractivity contribution in [2.45, 2.75) is 17.6 Å². The third-order valence-corrected chi connectivity index (χ3v) is 7.73. The number of rotatable bonds is 5. The largest absolute Gasteiger partial charge is 0.378 e. The van der Waals surface area contributed by atoms with Crippen LogP contribution in [0.25, 0.3) is 16.8 Å². The van der Waals surface area contributed by atoms with Crippen molar-refractivity contribution >= 4 is 41.5 Å². The number of nitrogens with one attached hydrogen (secondary N) is 1. The fourth-order valence-electron chi connectivity index (χ4n) is 5.04. The van der Waals surface area contributed by atoms with Crippen LogP contribution in [0.4, 0.5) is 16.2 Å². The normalized spacial score (nSPS) is 17.2. The number of hydrogen-bond donors (Lipinski definition) is 2. The number of nitrogens with zero attached hydrogens (tertiary/aromatic N) is 5. The van der Waals surface area contributed by atoms with Gasteiger partial charge in [-0.2, -0.15) is 12.6 Å². The van der Waals surface area contributed by atoms with Gasteiger partial charge in [-0.15, -0.1) is 0 Å². The van der Waals surface area contributed by atoms with Gasteiger partial charge in [-0.05, 0) is 61.4 Å². The average Bonchev–Trinajstić information content (AvgIpc) is 3.34. The molecule has 2 aromatic heterocycles. The van der Waals surface area contributed by atoms with Crippen LogP contribution in [0.1, 0.15) is 29.0 Å². The molecule has 4 aromatic rings. The van der Waals surface area contributed by atoms with Crippen LogP contribution in [0, 0.1) is 0 Å². The van der Waals surface area contributed by atoms with Crippen molar-refractivity contribution in [1.82, 2.24) is 19.2 Å². The van der Waals surface area contributed by atoms with E-state index in [0.29, 0.717) is 18.7 Å². The van der Waals surface area contributed by atoms with Crippen LogP contribution in [0.2, 0.25) is 0 Å². The molecule has 8 nitrogen and oxygen atoms in total. The molecule has 1 atom stereocenters. The quantitative estimate of drug-likeness (QED) is 0.339. The molecule has 0 bridgehead atoms. The van der Waals surface area contributed by atoms with Gasteiger partial charge in [0.2, 0.25) is 0 Å². The Morgan fingerprint density at radius 1 is 0.974 bits per heavy atom. The number of piperidine rings is 1. The summed E-state index contributed by atoms with van der Waals surface area (Å²) in [6.45, 7) is 1.09. The Morgan fingerprint density at radius 3 is 2.36 bits per heavy atom. The van der Waals surface area contributed by atoms with Crippen molar-refractivity contribution in [1.29, 1.82) is 0 Å². The van der Waals surface area contributed by atoms with Gasteiger partial charge in [0, 0.05) is 70.0 Å². The van der Waals surface area contributed by atoms with Crippen molar-refractivity contribution in [2.24, 2.45) is 0 Å². The number of imidazole rings is 1. The van der Waals surface area contributed by atoms with Crippen molar-refractivity contribution in [2.75, 3.05) is 51.5 Å². The molecule has 202 valence electrons. The number of anilines is 2. The number of pyridine rings is 1. The SMILES string of the molecule is CN(C)C(=O)c1ccc(-c2nc([C@@]3(S)CCCN(C(=O)Nc4ccc(N(C)C)cc4)C3)n3ccccc23)cc1. The van der Waals surface area contributed by atoms with E-state index in [1.165, 1.54) is 0 Å². The van der Waals surface area contributed by atoms with Crippen LogP contribution in [0.3, 0.4) is 0 Å². The summed E-state index contributed by atoms with van der Waals surface area (Å²) in [7, 11) is 7.46. The number of likely N-dealkylation sites (tertiary alicyclic amines) is 1. The first-order chi connectivity index (χ1) is 18.7. The number of carbonyl (C=O) groups is 2. The minimum atomic E-state index is -0.631. The van der Waals surface area contributed by atoms with Crippen LogP contribution >= 0.6 is 12.6 Å². The molecule has 0 unspecified atom stereocenters. The molecule has 1 saturated heterocycles. The first kappa shape index (κ1) is 26.6. The van der Waals surface area contributed by atoms with Crippen LogP contribution in [-0.2, 0) is 4.75 Å². The predicted molar refractivity (Wildman–Crippen MR) is 160 cm³/mol. The number of benzene rings is 2. The number of carbonyl (C=O) groups excluding carboxylic acids is 2. The molecular formula is C30H34N6O2S. The van der Waals surface area contributed by atoms with Crippen molar-refractivity contribution in [3.05, 3.63) is 84.3 Å².